The van der Waals surface area contributed by atoms with Gasteiger partial charge in [-0.2, -0.15) is 0 Å². The molecule has 3 nitrogen and oxygen atoms in total. The first-order valence-corrected chi connectivity index (χ1v) is 5.45. The molecule has 0 N–H and O–H groups in total. The average Bonchev–Trinajstić information content (AvgIpc) is 2.35. The number of aliphatic imine (C=N–C) groups is 1. The Morgan fingerprint density at radius 1 is 1.31 bits per heavy atom. The normalized spacial score (nSPS) is 11.3. The van der Waals surface area contributed by atoms with E-state index in [4.69, 9.17) is 0 Å². The van der Waals surface area contributed by atoms with E-state index in [1.54, 1.807) is 11.9 Å². The Kier molecular flexibility index (Phi) is 4.70. The van der Waals surface area contributed by atoms with Crippen LogP contribution in [0, 0.1) is 0 Å². The van der Waals surface area contributed by atoms with Crippen molar-refractivity contribution in [2.75, 3.05) is 20.1 Å². The van der Waals surface area contributed by atoms with Gasteiger partial charge in [0.05, 0.1) is 0 Å². The zero-order valence-corrected chi connectivity index (χ0v) is 10.1. The summed E-state index contributed by atoms with van der Waals surface area (Å²) in [6.45, 7) is 4.82. The van der Waals surface area contributed by atoms with E-state index in [1.807, 2.05) is 44.2 Å². The minimum atomic E-state index is 0.0535. The number of hydrogen-bond acceptors (Lipinski definition) is 2. The number of carbonyl (C=O) groups excluding carboxylic acids is 1. The molecule has 16 heavy (non-hydrogen) atoms. The van der Waals surface area contributed by atoms with Crippen LogP contribution in [0.2, 0.25) is 0 Å². The summed E-state index contributed by atoms with van der Waals surface area (Å²) in [5.41, 5.74) is 1.97. The fraction of sp³-hybridized carbons (Fsp3) is 0.385. The molecule has 0 heterocycles. The molecule has 0 unspecified atom stereocenters. The summed E-state index contributed by atoms with van der Waals surface area (Å²) >= 11 is 0. The van der Waals surface area contributed by atoms with Crippen molar-refractivity contribution in [2.24, 2.45) is 4.99 Å². The highest BCUT2D eigenvalue weighted by atomic mass is 16.2. The summed E-state index contributed by atoms with van der Waals surface area (Å²) in [6.07, 6.45) is 0. The van der Waals surface area contributed by atoms with Gasteiger partial charge in [-0.1, -0.05) is 30.3 Å². The Labute approximate surface area is 96.8 Å². The van der Waals surface area contributed by atoms with Crippen LogP contribution in [0.25, 0.3) is 0 Å². The number of hydrogen-bond donors (Lipinski definition) is 0. The number of likely N-dealkylation sites (N-methyl/N-ethyl adjacent to an activating group) is 1. The van der Waals surface area contributed by atoms with E-state index in [-0.39, 0.29) is 12.5 Å². The van der Waals surface area contributed by atoms with Gasteiger partial charge in [-0.05, 0) is 19.4 Å². The highest BCUT2D eigenvalue weighted by molar-refractivity contribution is 5.99. The predicted octanol–water partition coefficient (Wildman–Crippen LogP) is 1.97. The topological polar surface area (TPSA) is 32.7 Å². The van der Waals surface area contributed by atoms with Gasteiger partial charge in [0.25, 0.3) is 0 Å². The molecule has 0 aliphatic carbocycles. The summed E-state index contributed by atoms with van der Waals surface area (Å²) in [5, 5.41) is 0. The molecule has 1 aromatic rings. The van der Waals surface area contributed by atoms with Gasteiger partial charge in [0, 0.05) is 19.3 Å². The molecular weight excluding hydrogens is 200 g/mol. The molecular formula is C13H18N2O. The number of nitrogens with zero attached hydrogens (tertiary/aromatic N) is 2. The van der Waals surface area contributed by atoms with Crippen molar-refractivity contribution < 1.29 is 4.79 Å². The minimum Gasteiger partial charge on any atom is -0.344 e. The van der Waals surface area contributed by atoms with Gasteiger partial charge < -0.3 is 4.90 Å². The van der Waals surface area contributed by atoms with Crippen molar-refractivity contribution in [3.63, 3.8) is 0 Å². The number of carbonyl (C=O) groups is 1. The van der Waals surface area contributed by atoms with Crippen molar-refractivity contribution in [3.05, 3.63) is 35.9 Å². The lowest BCUT2D eigenvalue weighted by atomic mass is 10.1. The van der Waals surface area contributed by atoms with Gasteiger partial charge in [0.1, 0.15) is 6.54 Å². The summed E-state index contributed by atoms with van der Waals surface area (Å²) in [6, 6.07) is 9.88. The Hall–Kier alpha value is -1.64. The van der Waals surface area contributed by atoms with Crippen molar-refractivity contribution in [3.8, 4) is 0 Å². The third-order valence-corrected chi connectivity index (χ3v) is 2.54. The lowest BCUT2D eigenvalue weighted by molar-refractivity contribution is -0.128. The van der Waals surface area contributed by atoms with E-state index in [0.29, 0.717) is 0 Å². The molecule has 0 fully saturated rings. The van der Waals surface area contributed by atoms with Crippen LogP contribution in [0.5, 0.6) is 0 Å². The summed E-state index contributed by atoms with van der Waals surface area (Å²) < 4.78 is 0. The SMILES string of the molecule is CCN(C)C(=O)CN=C(C)c1ccccc1. The first-order valence-electron chi connectivity index (χ1n) is 5.45. The van der Waals surface area contributed by atoms with E-state index in [9.17, 15) is 4.79 Å². The van der Waals surface area contributed by atoms with E-state index in [2.05, 4.69) is 4.99 Å². The second-order valence-corrected chi connectivity index (χ2v) is 3.68. The smallest absolute Gasteiger partial charge is 0.243 e. The summed E-state index contributed by atoms with van der Waals surface area (Å²) in [7, 11) is 1.79. The Bertz CT molecular complexity index is 371. The van der Waals surface area contributed by atoms with Crippen LogP contribution in [0.15, 0.2) is 35.3 Å². The van der Waals surface area contributed by atoms with Crippen LogP contribution in [0.3, 0.4) is 0 Å². The average molecular weight is 218 g/mol. The molecule has 0 aromatic heterocycles. The first kappa shape index (κ1) is 12.4. The van der Waals surface area contributed by atoms with Crippen LogP contribution in [-0.4, -0.2) is 36.7 Å². The highest BCUT2D eigenvalue weighted by Gasteiger charge is 2.05. The molecule has 0 aliphatic rings. The molecule has 0 saturated carbocycles. The third-order valence-electron chi connectivity index (χ3n) is 2.54. The maximum Gasteiger partial charge on any atom is 0.243 e. The quantitative estimate of drug-likeness (QED) is 0.711. The van der Waals surface area contributed by atoms with Gasteiger partial charge in [-0.25, -0.2) is 0 Å². The van der Waals surface area contributed by atoms with Crippen LogP contribution in [0.4, 0.5) is 0 Å². The van der Waals surface area contributed by atoms with E-state index < -0.39 is 0 Å². The zero-order chi connectivity index (χ0) is 12.0. The van der Waals surface area contributed by atoms with Crippen molar-refractivity contribution in [1.29, 1.82) is 0 Å². The first-order chi connectivity index (χ1) is 7.65. The standard InChI is InChI=1S/C13H18N2O/c1-4-15(3)13(16)10-14-11(2)12-8-6-5-7-9-12/h5-9H,4,10H2,1-3H3. The van der Waals surface area contributed by atoms with Gasteiger partial charge in [-0.15, -0.1) is 0 Å². The van der Waals surface area contributed by atoms with E-state index >= 15 is 0 Å². The second-order valence-electron chi connectivity index (χ2n) is 3.68. The predicted molar refractivity (Wildman–Crippen MR) is 66.8 cm³/mol. The zero-order valence-electron chi connectivity index (χ0n) is 10.1. The van der Waals surface area contributed by atoms with Gasteiger partial charge in [0.2, 0.25) is 5.91 Å². The number of amides is 1. The fourth-order valence-corrected chi connectivity index (χ4v) is 1.25. The summed E-state index contributed by atoms with van der Waals surface area (Å²) in [5.74, 6) is 0.0535. The fourth-order valence-electron chi connectivity index (χ4n) is 1.25. The van der Waals surface area contributed by atoms with E-state index in [1.165, 1.54) is 0 Å². The van der Waals surface area contributed by atoms with Gasteiger partial charge in [0.15, 0.2) is 0 Å². The van der Waals surface area contributed by atoms with Crippen molar-refractivity contribution >= 4 is 11.6 Å². The number of benzene rings is 1. The monoisotopic (exact) mass is 218 g/mol. The van der Waals surface area contributed by atoms with Crippen LogP contribution >= 0.6 is 0 Å². The molecule has 1 amide bonds. The molecule has 1 aromatic carbocycles. The largest absolute Gasteiger partial charge is 0.344 e. The molecule has 0 bridgehead atoms. The molecule has 0 aliphatic heterocycles. The molecule has 3 heteroatoms. The molecule has 0 saturated heterocycles. The lowest BCUT2D eigenvalue weighted by Gasteiger charge is -2.12. The van der Waals surface area contributed by atoms with Gasteiger partial charge >= 0.3 is 0 Å². The lowest BCUT2D eigenvalue weighted by Crippen LogP contribution is -2.28. The van der Waals surface area contributed by atoms with Crippen LogP contribution < -0.4 is 0 Å². The van der Waals surface area contributed by atoms with Crippen molar-refractivity contribution in [1.82, 2.24) is 4.90 Å². The molecule has 86 valence electrons. The molecule has 0 spiro atoms. The molecule has 1 rings (SSSR count). The Morgan fingerprint density at radius 2 is 1.94 bits per heavy atom. The highest BCUT2D eigenvalue weighted by Crippen LogP contribution is 2.00. The maximum absolute atomic E-state index is 11.5. The molecule has 0 atom stereocenters. The second kappa shape index (κ2) is 6.05. The van der Waals surface area contributed by atoms with Crippen molar-refractivity contribution in [2.45, 2.75) is 13.8 Å². The van der Waals surface area contributed by atoms with Crippen LogP contribution in [-0.2, 0) is 4.79 Å². The Balaban J connectivity index is 2.62. The van der Waals surface area contributed by atoms with E-state index in [0.717, 1.165) is 17.8 Å². The maximum atomic E-state index is 11.5. The number of rotatable bonds is 4. The van der Waals surface area contributed by atoms with Gasteiger partial charge in [-0.3, -0.25) is 9.79 Å². The minimum absolute atomic E-state index is 0.0535. The molecule has 0 radical (unpaired) electrons. The van der Waals surface area contributed by atoms with Crippen LogP contribution in [0.1, 0.15) is 19.4 Å². The summed E-state index contributed by atoms with van der Waals surface area (Å²) in [4.78, 5) is 17.5. The Morgan fingerprint density at radius 3 is 2.50 bits per heavy atom. The third kappa shape index (κ3) is 3.50.